The van der Waals surface area contributed by atoms with Crippen molar-refractivity contribution in [3.8, 4) is 0 Å². The minimum atomic E-state index is -5.77. The molecule has 0 bridgehead atoms. The zero-order valence-electron chi connectivity index (χ0n) is 15.7. The summed E-state index contributed by atoms with van der Waals surface area (Å²) in [6.45, 7) is 1.62. The molecule has 1 amide bonds. The van der Waals surface area contributed by atoms with Crippen molar-refractivity contribution in [2.45, 2.75) is 38.2 Å². The fourth-order valence-corrected chi connectivity index (χ4v) is 3.83. The molecule has 6 nitrogen and oxygen atoms in total. The van der Waals surface area contributed by atoms with Crippen molar-refractivity contribution in [1.82, 2.24) is 4.90 Å². The van der Waals surface area contributed by atoms with Crippen molar-refractivity contribution in [1.29, 1.82) is 0 Å². The molecular weight excluding hydrogens is 442 g/mol. The predicted molar refractivity (Wildman–Crippen MR) is 96.0 cm³/mol. The summed E-state index contributed by atoms with van der Waals surface area (Å²) < 4.78 is 102. The fraction of sp³-hybridized carbons (Fsp3) is 0.588. The van der Waals surface area contributed by atoms with Crippen molar-refractivity contribution in [3.05, 3.63) is 29.8 Å². The number of nitrogens with zero attached hydrogens (tertiary/aromatic N) is 2. The first kappa shape index (κ1) is 24.3. The van der Waals surface area contributed by atoms with Gasteiger partial charge in [0.1, 0.15) is 0 Å². The minimum absolute atomic E-state index is 0.130. The van der Waals surface area contributed by atoms with Crippen LogP contribution in [0.4, 0.5) is 36.8 Å². The Balaban J connectivity index is 1.97. The van der Waals surface area contributed by atoms with Crippen molar-refractivity contribution >= 4 is 23.0 Å². The first-order chi connectivity index (χ1) is 13.8. The summed E-state index contributed by atoms with van der Waals surface area (Å²) in [5.74, 6) is -0.203. The number of likely N-dealkylation sites (tertiary alicyclic amines) is 1. The van der Waals surface area contributed by atoms with Crippen LogP contribution >= 0.6 is 0 Å². The Morgan fingerprint density at radius 2 is 1.73 bits per heavy atom. The fourth-order valence-electron chi connectivity index (χ4n) is 3.12. The van der Waals surface area contributed by atoms with Crippen LogP contribution in [0.2, 0.25) is 0 Å². The van der Waals surface area contributed by atoms with E-state index < -0.39 is 35.8 Å². The second kappa shape index (κ2) is 9.41. The number of para-hydroxylation sites is 1. The Bertz CT molecular complexity index is 751. The minimum Gasteiger partial charge on any atom is -0.426 e. The summed E-state index contributed by atoms with van der Waals surface area (Å²) >= 11 is -2.33. The number of carbonyl (C=O) groups is 1. The Morgan fingerprint density at radius 3 is 2.20 bits per heavy atom. The first-order valence-electron chi connectivity index (χ1n) is 8.84. The van der Waals surface area contributed by atoms with Gasteiger partial charge in [-0.3, -0.25) is 8.86 Å². The number of alkyl halides is 6. The highest BCUT2D eigenvalue weighted by atomic mass is 32.2. The van der Waals surface area contributed by atoms with Gasteiger partial charge in [0.05, 0.1) is 5.69 Å². The normalized spacial score (nSPS) is 17.2. The van der Waals surface area contributed by atoms with Crippen LogP contribution < -0.4 is 4.31 Å². The van der Waals surface area contributed by atoms with Crippen LogP contribution in [0.15, 0.2) is 24.3 Å². The van der Waals surface area contributed by atoms with E-state index in [0.717, 1.165) is 10.5 Å². The van der Waals surface area contributed by atoms with Crippen LogP contribution in [0.5, 0.6) is 0 Å². The van der Waals surface area contributed by atoms with E-state index in [1.54, 1.807) is 31.2 Å². The topological polar surface area (TPSA) is 70.1 Å². The Hall–Kier alpha value is -2.02. The number of aryl methyl sites for hydroxylation is 1. The van der Waals surface area contributed by atoms with Gasteiger partial charge in [-0.05, 0) is 37.3 Å². The maximum Gasteiger partial charge on any atom is 0.434 e. The summed E-state index contributed by atoms with van der Waals surface area (Å²) in [4.78, 5) is 12.6. The van der Waals surface area contributed by atoms with Crippen LogP contribution in [-0.2, 0) is 16.0 Å². The van der Waals surface area contributed by atoms with E-state index in [4.69, 9.17) is 0 Å². The van der Waals surface area contributed by atoms with Gasteiger partial charge in [0, 0.05) is 19.6 Å². The highest BCUT2D eigenvalue weighted by molar-refractivity contribution is 7.80. The largest absolute Gasteiger partial charge is 0.434 e. The molecule has 0 saturated carbocycles. The standard InChI is InChI=1S/C17H20F6N2O4S/c1-11-4-2-3-5-13(11)25(30(27)28)10-12-6-8-24(9-7-12)15(26)29-14(16(18,19)20)17(21,22)23/h2-5,12,14H,6-10H2,1H3,(H,27,28). The van der Waals surface area contributed by atoms with Crippen LogP contribution in [0.1, 0.15) is 18.4 Å². The van der Waals surface area contributed by atoms with E-state index in [9.17, 15) is 39.9 Å². The lowest BCUT2D eigenvalue weighted by molar-refractivity contribution is -0.308. The zero-order chi connectivity index (χ0) is 22.7. The van der Waals surface area contributed by atoms with Gasteiger partial charge in [-0.1, -0.05) is 18.2 Å². The number of piperidine rings is 1. The highest BCUT2D eigenvalue weighted by Gasteiger charge is 2.60. The maximum atomic E-state index is 12.5. The van der Waals surface area contributed by atoms with Gasteiger partial charge in [-0.15, -0.1) is 0 Å². The van der Waals surface area contributed by atoms with Gasteiger partial charge in [0.25, 0.3) is 17.4 Å². The average molecular weight is 462 g/mol. The molecule has 1 heterocycles. The van der Waals surface area contributed by atoms with Crippen molar-refractivity contribution < 1.29 is 44.6 Å². The molecule has 2 rings (SSSR count). The van der Waals surface area contributed by atoms with E-state index in [1.807, 2.05) is 0 Å². The van der Waals surface area contributed by atoms with E-state index in [2.05, 4.69) is 4.74 Å². The molecule has 13 heteroatoms. The number of halogens is 6. The van der Waals surface area contributed by atoms with Gasteiger partial charge in [-0.25, -0.2) is 9.00 Å². The summed E-state index contributed by atoms with van der Waals surface area (Å²) in [5.41, 5.74) is 1.28. The van der Waals surface area contributed by atoms with Crippen molar-refractivity contribution in [2.24, 2.45) is 5.92 Å². The number of rotatable bonds is 5. The molecule has 1 aromatic carbocycles. The van der Waals surface area contributed by atoms with Gasteiger partial charge >= 0.3 is 18.4 Å². The third-order valence-electron chi connectivity index (χ3n) is 4.68. The average Bonchev–Trinajstić information content (AvgIpc) is 2.63. The molecule has 1 aromatic rings. The summed E-state index contributed by atoms with van der Waals surface area (Å²) in [6, 6.07) is 6.87. The lowest BCUT2D eigenvalue weighted by atomic mass is 9.97. The number of ether oxygens (including phenoxy) is 1. The molecule has 0 aromatic heterocycles. The van der Waals surface area contributed by atoms with Crippen LogP contribution in [-0.4, -0.2) is 57.8 Å². The Morgan fingerprint density at radius 1 is 1.20 bits per heavy atom. The smallest absolute Gasteiger partial charge is 0.426 e. The molecular formula is C17H20F6N2O4S. The van der Waals surface area contributed by atoms with Crippen molar-refractivity contribution in [3.63, 3.8) is 0 Å². The summed E-state index contributed by atoms with van der Waals surface area (Å²) in [5, 5.41) is 0. The molecule has 0 aliphatic carbocycles. The van der Waals surface area contributed by atoms with Gasteiger partial charge < -0.3 is 9.64 Å². The number of anilines is 1. The van der Waals surface area contributed by atoms with E-state index in [1.165, 1.54) is 4.31 Å². The van der Waals surface area contributed by atoms with Crippen LogP contribution in [0, 0.1) is 12.8 Å². The number of hydrogen-bond donors (Lipinski definition) is 1. The van der Waals surface area contributed by atoms with Gasteiger partial charge in [-0.2, -0.15) is 26.3 Å². The lowest BCUT2D eigenvalue weighted by Crippen LogP contribution is -2.49. The second-order valence-corrected chi connectivity index (χ2v) is 7.76. The van der Waals surface area contributed by atoms with E-state index >= 15 is 0 Å². The molecule has 0 spiro atoms. The molecule has 1 unspecified atom stereocenters. The number of benzene rings is 1. The molecule has 30 heavy (non-hydrogen) atoms. The molecule has 1 atom stereocenters. The first-order valence-corrected chi connectivity index (χ1v) is 9.90. The zero-order valence-corrected chi connectivity index (χ0v) is 16.6. The molecule has 1 fully saturated rings. The lowest BCUT2D eigenvalue weighted by Gasteiger charge is -2.35. The van der Waals surface area contributed by atoms with Crippen LogP contribution in [0.3, 0.4) is 0 Å². The maximum absolute atomic E-state index is 12.5. The third kappa shape index (κ3) is 6.24. The summed E-state index contributed by atoms with van der Waals surface area (Å²) in [6.07, 6.45) is -17.0. The molecule has 1 N–H and O–H groups in total. The molecule has 1 saturated heterocycles. The molecule has 0 radical (unpaired) electrons. The highest BCUT2D eigenvalue weighted by Crippen LogP contribution is 2.36. The molecule has 170 valence electrons. The quantitative estimate of drug-likeness (QED) is 0.524. The van der Waals surface area contributed by atoms with E-state index in [-0.39, 0.29) is 38.4 Å². The number of amides is 1. The number of carbonyl (C=O) groups excluding carboxylic acids is 1. The molecule has 1 aliphatic heterocycles. The van der Waals surface area contributed by atoms with Crippen molar-refractivity contribution in [2.75, 3.05) is 23.9 Å². The van der Waals surface area contributed by atoms with Crippen LogP contribution in [0.25, 0.3) is 0 Å². The third-order valence-corrected chi connectivity index (χ3v) is 5.41. The van der Waals surface area contributed by atoms with Gasteiger partial charge in [0.15, 0.2) is 0 Å². The SMILES string of the molecule is Cc1ccccc1N(CC1CCN(C(=O)OC(C(F)(F)F)C(F)(F)F)CC1)S(=O)O. The summed E-state index contributed by atoms with van der Waals surface area (Å²) in [7, 11) is 0. The Kier molecular flexibility index (Phi) is 7.61. The molecule has 1 aliphatic rings. The second-order valence-electron chi connectivity index (χ2n) is 6.86. The predicted octanol–water partition coefficient (Wildman–Crippen LogP) is 4.28. The number of hydrogen-bond acceptors (Lipinski definition) is 3. The monoisotopic (exact) mass is 462 g/mol. The van der Waals surface area contributed by atoms with E-state index in [0.29, 0.717) is 5.69 Å². The van der Waals surface area contributed by atoms with Gasteiger partial charge in [0.2, 0.25) is 0 Å². The Labute approximate surface area is 171 Å².